The number of ether oxygens (including phenoxy) is 1. The van der Waals surface area contributed by atoms with Crippen LogP contribution in [0, 0.1) is 0 Å². The number of carbonyl (C=O) groups is 1. The van der Waals surface area contributed by atoms with E-state index in [9.17, 15) is 4.79 Å². The second-order valence-electron chi connectivity index (χ2n) is 14.1. The monoisotopic (exact) mass is 635 g/mol. The first kappa shape index (κ1) is 44.2. The third kappa shape index (κ3) is 41.1. The molecule has 45 heavy (non-hydrogen) atoms. The second-order valence-corrected chi connectivity index (χ2v) is 14.1. The standard InChI is InChI=1S/C42H82O3/c1-2-3-4-5-6-7-8-21-24-27-30-33-36-39-42(44)45-41-38-35-32-29-26-23-20-18-16-14-12-10-9-11-13-15-17-19-22-25-28-31-34-37-40-43/h7-8,43H,2-6,9-41H2,1H3/b8-7-. The lowest BCUT2D eigenvalue weighted by atomic mass is 10.0. The van der Waals surface area contributed by atoms with Crippen LogP contribution in [0.2, 0.25) is 0 Å². The molecular weight excluding hydrogens is 552 g/mol. The van der Waals surface area contributed by atoms with Crippen LogP contribution in [0.25, 0.3) is 0 Å². The van der Waals surface area contributed by atoms with Crippen LogP contribution in [-0.4, -0.2) is 24.3 Å². The number of carbonyl (C=O) groups excluding carboxylic acids is 1. The molecule has 0 spiro atoms. The molecule has 0 aliphatic heterocycles. The predicted octanol–water partition coefficient (Wildman–Crippen LogP) is 14.1. The Morgan fingerprint density at radius 3 is 1.11 bits per heavy atom. The van der Waals surface area contributed by atoms with Crippen molar-refractivity contribution in [3.8, 4) is 0 Å². The first-order valence-corrected chi connectivity index (χ1v) is 20.7. The number of unbranched alkanes of at least 4 members (excludes halogenated alkanes) is 32. The first-order valence-electron chi connectivity index (χ1n) is 20.7. The molecule has 3 heteroatoms. The number of allylic oxidation sites excluding steroid dienone is 2. The van der Waals surface area contributed by atoms with Gasteiger partial charge in [0, 0.05) is 13.0 Å². The molecule has 0 rings (SSSR count). The average molecular weight is 635 g/mol. The minimum atomic E-state index is 0.0141. The van der Waals surface area contributed by atoms with Gasteiger partial charge in [-0.2, -0.15) is 0 Å². The van der Waals surface area contributed by atoms with Crippen LogP contribution in [-0.2, 0) is 9.53 Å². The van der Waals surface area contributed by atoms with Crippen LogP contribution >= 0.6 is 0 Å². The number of aliphatic hydroxyl groups excluding tert-OH is 1. The van der Waals surface area contributed by atoms with E-state index in [1.165, 1.54) is 199 Å². The molecule has 0 saturated heterocycles. The van der Waals surface area contributed by atoms with Gasteiger partial charge in [-0.3, -0.25) is 4.79 Å². The molecule has 0 aromatic rings. The van der Waals surface area contributed by atoms with E-state index in [-0.39, 0.29) is 5.97 Å². The summed E-state index contributed by atoms with van der Waals surface area (Å²) >= 11 is 0. The van der Waals surface area contributed by atoms with Gasteiger partial charge in [0.2, 0.25) is 0 Å². The maximum atomic E-state index is 11.9. The molecule has 1 N–H and O–H groups in total. The van der Waals surface area contributed by atoms with Crippen molar-refractivity contribution in [2.45, 2.75) is 238 Å². The van der Waals surface area contributed by atoms with Crippen molar-refractivity contribution >= 4 is 5.97 Å². The molecular formula is C42H82O3. The molecule has 0 aliphatic rings. The molecule has 0 saturated carbocycles. The van der Waals surface area contributed by atoms with Gasteiger partial charge in [0.25, 0.3) is 0 Å². The molecule has 0 aromatic heterocycles. The SMILES string of the molecule is CCCCCC/C=C\CCCCCCCC(=O)OCCCCCCCCCCCCCCCCCCCCCCCCCCO. The summed E-state index contributed by atoms with van der Waals surface area (Å²) in [5, 5.41) is 8.80. The van der Waals surface area contributed by atoms with Gasteiger partial charge in [-0.25, -0.2) is 0 Å². The molecule has 0 radical (unpaired) electrons. The molecule has 0 heterocycles. The number of hydrogen-bond donors (Lipinski definition) is 1. The molecule has 0 fully saturated rings. The summed E-state index contributed by atoms with van der Waals surface area (Å²) in [4.78, 5) is 11.9. The lowest BCUT2D eigenvalue weighted by Crippen LogP contribution is -2.05. The number of aliphatic hydroxyl groups is 1. The van der Waals surface area contributed by atoms with Crippen molar-refractivity contribution in [2.24, 2.45) is 0 Å². The molecule has 0 amide bonds. The van der Waals surface area contributed by atoms with Gasteiger partial charge >= 0.3 is 5.97 Å². The van der Waals surface area contributed by atoms with Crippen LogP contribution < -0.4 is 0 Å². The molecule has 0 unspecified atom stereocenters. The third-order valence-electron chi connectivity index (χ3n) is 9.46. The molecule has 0 bridgehead atoms. The Hall–Kier alpha value is -0.830. The summed E-state index contributed by atoms with van der Waals surface area (Å²) in [6.07, 6.45) is 51.7. The van der Waals surface area contributed by atoms with Gasteiger partial charge in [0.05, 0.1) is 6.61 Å². The van der Waals surface area contributed by atoms with Gasteiger partial charge in [-0.1, -0.05) is 199 Å². The molecule has 0 aliphatic carbocycles. The highest BCUT2D eigenvalue weighted by Gasteiger charge is 2.03. The van der Waals surface area contributed by atoms with Crippen molar-refractivity contribution in [1.82, 2.24) is 0 Å². The zero-order valence-electron chi connectivity index (χ0n) is 30.8. The minimum Gasteiger partial charge on any atom is -0.466 e. The summed E-state index contributed by atoms with van der Waals surface area (Å²) in [6.45, 7) is 3.25. The smallest absolute Gasteiger partial charge is 0.305 e. The van der Waals surface area contributed by atoms with Crippen LogP contribution in [0.5, 0.6) is 0 Å². The molecule has 0 atom stereocenters. The van der Waals surface area contributed by atoms with E-state index in [0.29, 0.717) is 19.6 Å². The molecule has 268 valence electrons. The van der Waals surface area contributed by atoms with E-state index in [1.807, 2.05) is 0 Å². The fourth-order valence-electron chi connectivity index (χ4n) is 6.35. The maximum absolute atomic E-state index is 11.9. The van der Waals surface area contributed by atoms with Crippen molar-refractivity contribution < 1.29 is 14.6 Å². The second kappa shape index (κ2) is 41.2. The summed E-state index contributed by atoms with van der Waals surface area (Å²) in [6, 6.07) is 0. The van der Waals surface area contributed by atoms with Gasteiger partial charge in [0.1, 0.15) is 0 Å². The van der Waals surface area contributed by atoms with Crippen LogP contribution in [0.3, 0.4) is 0 Å². The van der Waals surface area contributed by atoms with E-state index >= 15 is 0 Å². The first-order chi connectivity index (χ1) is 22.3. The van der Waals surface area contributed by atoms with E-state index in [4.69, 9.17) is 9.84 Å². The summed E-state index contributed by atoms with van der Waals surface area (Å²) in [5.41, 5.74) is 0. The lowest BCUT2D eigenvalue weighted by Gasteiger charge is -2.06. The Labute approximate surface area is 283 Å². The van der Waals surface area contributed by atoms with E-state index < -0.39 is 0 Å². The van der Waals surface area contributed by atoms with Gasteiger partial charge in [0.15, 0.2) is 0 Å². The average Bonchev–Trinajstić information content (AvgIpc) is 3.05. The topological polar surface area (TPSA) is 46.5 Å². The van der Waals surface area contributed by atoms with Crippen LogP contribution in [0.1, 0.15) is 238 Å². The van der Waals surface area contributed by atoms with Crippen molar-refractivity contribution in [3.05, 3.63) is 12.2 Å². The number of esters is 1. The molecule has 0 aromatic carbocycles. The van der Waals surface area contributed by atoms with Gasteiger partial charge < -0.3 is 9.84 Å². The van der Waals surface area contributed by atoms with Crippen LogP contribution in [0.15, 0.2) is 12.2 Å². The highest BCUT2D eigenvalue weighted by atomic mass is 16.5. The van der Waals surface area contributed by atoms with Crippen molar-refractivity contribution in [2.75, 3.05) is 13.2 Å². The lowest BCUT2D eigenvalue weighted by molar-refractivity contribution is -0.143. The zero-order valence-corrected chi connectivity index (χ0v) is 30.8. The Morgan fingerprint density at radius 2 is 0.733 bits per heavy atom. The quantitative estimate of drug-likeness (QED) is 0.0416. The van der Waals surface area contributed by atoms with Crippen molar-refractivity contribution in [3.63, 3.8) is 0 Å². The number of rotatable bonds is 39. The van der Waals surface area contributed by atoms with E-state index in [1.54, 1.807) is 0 Å². The Kier molecular flexibility index (Phi) is 40.4. The van der Waals surface area contributed by atoms with Crippen molar-refractivity contribution in [1.29, 1.82) is 0 Å². The third-order valence-corrected chi connectivity index (χ3v) is 9.46. The summed E-state index contributed by atoms with van der Waals surface area (Å²) < 4.78 is 5.45. The van der Waals surface area contributed by atoms with Crippen LogP contribution in [0.4, 0.5) is 0 Å². The van der Waals surface area contributed by atoms with Gasteiger partial charge in [-0.15, -0.1) is 0 Å². The fraction of sp³-hybridized carbons (Fsp3) is 0.929. The maximum Gasteiger partial charge on any atom is 0.305 e. The van der Waals surface area contributed by atoms with E-state index in [2.05, 4.69) is 19.1 Å². The predicted molar refractivity (Wildman–Crippen MR) is 199 cm³/mol. The highest BCUT2D eigenvalue weighted by Crippen LogP contribution is 2.16. The largest absolute Gasteiger partial charge is 0.466 e. The Morgan fingerprint density at radius 1 is 0.422 bits per heavy atom. The van der Waals surface area contributed by atoms with Gasteiger partial charge in [-0.05, 0) is 44.9 Å². The highest BCUT2D eigenvalue weighted by molar-refractivity contribution is 5.69. The normalized spacial score (nSPS) is 11.6. The fourth-order valence-corrected chi connectivity index (χ4v) is 6.35. The summed E-state index contributed by atoms with van der Waals surface area (Å²) in [5.74, 6) is 0.0141. The molecule has 3 nitrogen and oxygen atoms in total. The zero-order chi connectivity index (χ0) is 32.6. The Balaban J connectivity index is 3.15. The Bertz CT molecular complexity index is 572. The summed E-state index contributed by atoms with van der Waals surface area (Å²) in [7, 11) is 0. The number of hydrogen-bond acceptors (Lipinski definition) is 3. The minimum absolute atomic E-state index is 0.0141. The van der Waals surface area contributed by atoms with E-state index in [0.717, 1.165) is 25.7 Å².